The van der Waals surface area contributed by atoms with Gasteiger partial charge in [0.05, 0.1) is 0 Å². The first-order valence-corrected chi connectivity index (χ1v) is 5.85. The van der Waals surface area contributed by atoms with Crippen LogP contribution < -0.4 is 0 Å². The number of hydrogen-bond acceptors (Lipinski definition) is 3. The van der Waals surface area contributed by atoms with Gasteiger partial charge in [0.25, 0.3) is 0 Å². The molecule has 17 heavy (non-hydrogen) atoms. The van der Waals surface area contributed by atoms with Crippen LogP contribution in [0.2, 0.25) is 0 Å². The Balaban J connectivity index is 2.93. The molecule has 0 spiro atoms. The Hall–Kier alpha value is -1.61. The predicted octanol–water partition coefficient (Wildman–Crippen LogP) is 2.76. The van der Waals surface area contributed by atoms with Crippen LogP contribution in [0.25, 0.3) is 0 Å². The zero-order valence-corrected chi connectivity index (χ0v) is 10.4. The van der Waals surface area contributed by atoms with Crippen LogP contribution in [0.15, 0.2) is 43.0 Å². The average molecular weight is 233 g/mol. The van der Waals surface area contributed by atoms with Gasteiger partial charge in [0.1, 0.15) is 0 Å². The molecule has 0 aliphatic carbocycles. The van der Waals surface area contributed by atoms with Gasteiger partial charge in [-0.3, -0.25) is 4.90 Å². The topological polar surface area (TPSA) is 29.5 Å². The highest BCUT2D eigenvalue weighted by Gasteiger charge is 2.20. The van der Waals surface area contributed by atoms with E-state index in [1.54, 1.807) is 0 Å². The van der Waals surface area contributed by atoms with Crippen LogP contribution in [0.1, 0.15) is 25.6 Å². The first kappa shape index (κ1) is 13.5. The summed E-state index contributed by atoms with van der Waals surface area (Å²) in [5, 5.41) is 0. The van der Waals surface area contributed by atoms with Crippen LogP contribution in [-0.2, 0) is 9.53 Å². The van der Waals surface area contributed by atoms with Gasteiger partial charge >= 0.3 is 5.97 Å². The molecule has 1 aromatic carbocycles. The van der Waals surface area contributed by atoms with Crippen molar-refractivity contribution < 1.29 is 9.53 Å². The zero-order chi connectivity index (χ0) is 12.7. The maximum Gasteiger partial charge on any atom is 0.331 e. The summed E-state index contributed by atoms with van der Waals surface area (Å²) in [5.41, 5.74) is 0.978. The molecule has 1 aromatic rings. The molecule has 0 radical (unpaired) electrons. The molecule has 0 aliphatic rings. The van der Waals surface area contributed by atoms with Gasteiger partial charge in [-0.2, -0.15) is 0 Å². The van der Waals surface area contributed by atoms with E-state index in [1.165, 1.54) is 6.08 Å². The Kier molecular flexibility index (Phi) is 5.43. The van der Waals surface area contributed by atoms with Crippen molar-refractivity contribution in [1.29, 1.82) is 0 Å². The lowest BCUT2D eigenvalue weighted by atomic mass is 10.2. The summed E-state index contributed by atoms with van der Waals surface area (Å²) in [6.07, 6.45) is 0.857. The van der Waals surface area contributed by atoms with Crippen molar-refractivity contribution in [3.8, 4) is 0 Å². The number of carbonyl (C=O) groups is 1. The maximum absolute atomic E-state index is 11.4. The van der Waals surface area contributed by atoms with Crippen LogP contribution in [0.5, 0.6) is 0 Å². The number of hydrogen-bond donors (Lipinski definition) is 0. The van der Waals surface area contributed by atoms with E-state index in [1.807, 2.05) is 44.2 Å². The van der Waals surface area contributed by atoms with Gasteiger partial charge in [0.15, 0.2) is 6.23 Å². The fraction of sp³-hybridized carbons (Fsp3) is 0.357. The molecular weight excluding hydrogens is 214 g/mol. The second-order valence-corrected chi connectivity index (χ2v) is 3.63. The van der Waals surface area contributed by atoms with Crippen molar-refractivity contribution in [3.63, 3.8) is 0 Å². The molecule has 0 aliphatic heterocycles. The third kappa shape index (κ3) is 3.71. The van der Waals surface area contributed by atoms with Crippen LogP contribution in [0.3, 0.4) is 0 Å². The van der Waals surface area contributed by atoms with Crippen LogP contribution in [-0.4, -0.2) is 24.0 Å². The van der Waals surface area contributed by atoms with Crippen molar-refractivity contribution in [1.82, 2.24) is 4.90 Å². The molecule has 0 heterocycles. The Morgan fingerprint density at radius 2 is 1.94 bits per heavy atom. The summed E-state index contributed by atoms with van der Waals surface area (Å²) in [6.45, 7) is 9.15. The number of nitrogens with zero attached hydrogens (tertiary/aromatic N) is 1. The van der Waals surface area contributed by atoms with Gasteiger partial charge in [-0.05, 0) is 13.1 Å². The van der Waals surface area contributed by atoms with Gasteiger partial charge < -0.3 is 4.74 Å². The standard InChI is InChI=1S/C14H19NO2/c1-4-13(16)17-14(15(5-2)6-3)12-10-8-7-9-11-12/h4,7-11,14H,1,5-6H2,2-3H3. The second kappa shape index (κ2) is 6.86. The Labute approximate surface area is 103 Å². The molecule has 0 N–H and O–H groups in total. The minimum atomic E-state index is -0.397. The molecule has 0 aromatic heterocycles. The molecule has 1 atom stereocenters. The van der Waals surface area contributed by atoms with Gasteiger partial charge in [-0.1, -0.05) is 50.8 Å². The van der Waals surface area contributed by atoms with E-state index < -0.39 is 5.97 Å². The average Bonchev–Trinajstić information content (AvgIpc) is 2.39. The minimum absolute atomic E-state index is 0.336. The SMILES string of the molecule is C=CC(=O)OC(c1ccccc1)N(CC)CC. The molecule has 0 amide bonds. The van der Waals surface area contributed by atoms with E-state index in [-0.39, 0.29) is 6.23 Å². The van der Waals surface area contributed by atoms with Crippen LogP contribution in [0, 0.1) is 0 Å². The van der Waals surface area contributed by atoms with E-state index in [0.29, 0.717) is 0 Å². The molecular formula is C14H19NO2. The molecule has 0 saturated heterocycles. The van der Waals surface area contributed by atoms with Crippen molar-refractivity contribution in [2.45, 2.75) is 20.1 Å². The molecule has 3 nitrogen and oxygen atoms in total. The summed E-state index contributed by atoms with van der Waals surface area (Å²) < 4.78 is 5.40. The first-order valence-electron chi connectivity index (χ1n) is 5.85. The smallest absolute Gasteiger partial charge is 0.331 e. The highest BCUT2D eigenvalue weighted by Crippen LogP contribution is 2.21. The minimum Gasteiger partial charge on any atom is -0.439 e. The third-order valence-electron chi connectivity index (χ3n) is 2.62. The summed E-state index contributed by atoms with van der Waals surface area (Å²) in [4.78, 5) is 13.4. The monoisotopic (exact) mass is 233 g/mol. The van der Waals surface area contributed by atoms with Gasteiger partial charge in [-0.25, -0.2) is 4.79 Å². The van der Waals surface area contributed by atoms with E-state index in [2.05, 4.69) is 11.5 Å². The Morgan fingerprint density at radius 3 is 2.41 bits per heavy atom. The van der Waals surface area contributed by atoms with E-state index in [0.717, 1.165) is 18.7 Å². The van der Waals surface area contributed by atoms with Crippen molar-refractivity contribution in [2.75, 3.05) is 13.1 Å². The predicted molar refractivity (Wildman–Crippen MR) is 68.4 cm³/mol. The van der Waals surface area contributed by atoms with Crippen molar-refractivity contribution in [2.24, 2.45) is 0 Å². The molecule has 1 unspecified atom stereocenters. The highest BCUT2D eigenvalue weighted by atomic mass is 16.6. The summed E-state index contributed by atoms with van der Waals surface area (Å²) in [7, 11) is 0. The van der Waals surface area contributed by atoms with Gasteiger partial charge in [-0.15, -0.1) is 0 Å². The highest BCUT2D eigenvalue weighted by molar-refractivity contribution is 5.81. The normalized spacial score (nSPS) is 12.2. The number of esters is 1. The number of rotatable bonds is 6. The lowest BCUT2D eigenvalue weighted by Crippen LogP contribution is -2.31. The lowest BCUT2D eigenvalue weighted by molar-refractivity contribution is -0.153. The lowest BCUT2D eigenvalue weighted by Gasteiger charge is -2.29. The van der Waals surface area contributed by atoms with Crippen LogP contribution >= 0.6 is 0 Å². The number of ether oxygens (including phenoxy) is 1. The maximum atomic E-state index is 11.4. The van der Waals surface area contributed by atoms with E-state index in [9.17, 15) is 4.79 Å². The second-order valence-electron chi connectivity index (χ2n) is 3.63. The van der Waals surface area contributed by atoms with Crippen LogP contribution in [0.4, 0.5) is 0 Å². The Bertz CT molecular complexity index is 358. The van der Waals surface area contributed by atoms with E-state index >= 15 is 0 Å². The molecule has 92 valence electrons. The van der Waals surface area contributed by atoms with Crippen molar-refractivity contribution in [3.05, 3.63) is 48.6 Å². The zero-order valence-electron chi connectivity index (χ0n) is 10.4. The fourth-order valence-electron chi connectivity index (χ4n) is 1.68. The summed E-state index contributed by atoms with van der Waals surface area (Å²) >= 11 is 0. The molecule has 0 saturated carbocycles. The molecule has 3 heteroatoms. The van der Waals surface area contributed by atoms with Gasteiger partial charge in [0, 0.05) is 11.6 Å². The number of benzene rings is 1. The molecule has 0 bridgehead atoms. The molecule has 1 rings (SSSR count). The van der Waals surface area contributed by atoms with E-state index in [4.69, 9.17) is 4.74 Å². The largest absolute Gasteiger partial charge is 0.439 e. The van der Waals surface area contributed by atoms with Gasteiger partial charge in [0.2, 0.25) is 0 Å². The Morgan fingerprint density at radius 1 is 1.35 bits per heavy atom. The fourth-order valence-corrected chi connectivity index (χ4v) is 1.68. The quantitative estimate of drug-likeness (QED) is 0.430. The third-order valence-corrected chi connectivity index (χ3v) is 2.62. The number of carbonyl (C=O) groups excluding carboxylic acids is 1. The molecule has 0 fully saturated rings. The van der Waals surface area contributed by atoms with Crippen molar-refractivity contribution >= 4 is 5.97 Å². The summed E-state index contributed by atoms with van der Waals surface area (Å²) in [6, 6.07) is 9.73. The summed E-state index contributed by atoms with van der Waals surface area (Å²) in [5.74, 6) is -0.397. The first-order chi connectivity index (χ1) is 8.22.